The lowest BCUT2D eigenvalue weighted by Crippen LogP contribution is -2.55. The Morgan fingerprint density at radius 1 is 0.973 bits per heavy atom. The highest BCUT2D eigenvalue weighted by atomic mass is 35.5. The van der Waals surface area contributed by atoms with Crippen LogP contribution in [-0.4, -0.2) is 62.1 Å². The Kier molecular flexibility index (Phi) is 8.07. The van der Waals surface area contributed by atoms with Gasteiger partial charge in [-0.05, 0) is 59.5 Å². The minimum absolute atomic E-state index is 0.0710. The van der Waals surface area contributed by atoms with Crippen LogP contribution in [0.25, 0.3) is 6.08 Å². The first-order valence-corrected chi connectivity index (χ1v) is 13.2. The van der Waals surface area contributed by atoms with Gasteiger partial charge in [-0.3, -0.25) is 9.69 Å². The fourth-order valence-corrected chi connectivity index (χ4v) is 5.20. The summed E-state index contributed by atoms with van der Waals surface area (Å²) in [7, 11) is 0. The maximum atomic E-state index is 12.9. The monoisotopic (exact) mass is 540 g/mol. The summed E-state index contributed by atoms with van der Waals surface area (Å²) in [6.45, 7) is 13.5. The highest BCUT2D eigenvalue weighted by Gasteiger charge is 2.39. The molecule has 3 aromatic rings. The Labute approximate surface area is 229 Å². The molecule has 7 nitrogen and oxygen atoms in total. The number of amides is 1. The lowest BCUT2D eigenvalue weighted by molar-refractivity contribution is 0.0334. The van der Waals surface area contributed by atoms with Crippen molar-refractivity contribution in [2.75, 3.05) is 26.2 Å². The lowest BCUT2D eigenvalue weighted by Gasteiger charge is -2.43. The molecule has 0 spiro atoms. The van der Waals surface area contributed by atoms with Crippen LogP contribution in [0.4, 0.5) is 0 Å². The van der Waals surface area contributed by atoms with Gasteiger partial charge in [0.1, 0.15) is 0 Å². The van der Waals surface area contributed by atoms with E-state index in [2.05, 4.69) is 61.1 Å². The normalized spacial score (nSPS) is 16.4. The van der Waals surface area contributed by atoms with Crippen molar-refractivity contribution in [1.82, 2.24) is 30.0 Å². The van der Waals surface area contributed by atoms with E-state index in [1.165, 1.54) is 0 Å². The molecule has 1 aliphatic rings. The molecule has 9 heteroatoms. The number of tetrazole rings is 1. The van der Waals surface area contributed by atoms with Gasteiger partial charge in [0, 0.05) is 41.8 Å². The number of nitrogens with zero attached hydrogens (tertiary/aromatic N) is 6. The van der Waals surface area contributed by atoms with Crippen LogP contribution in [-0.2, 0) is 5.54 Å². The number of rotatable bonds is 6. The third-order valence-electron chi connectivity index (χ3n) is 6.99. The summed E-state index contributed by atoms with van der Waals surface area (Å²) < 4.78 is 1.92. The van der Waals surface area contributed by atoms with E-state index >= 15 is 0 Å². The van der Waals surface area contributed by atoms with Gasteiger partial charge in [-0.15, -0.1) is 5.10 Å². The van der Waals surface area contributed by atoms with E-state index in [9.17, 15) is 4.79 Å². The zero-order chi connectivity index (χ0) is 26.8. The van der Waals surface area contributed by atoms with Gasteiger partial charge in [0.2, 0.25) is 0 Å². The van der Waals surface area contributed by atoms with E-state index in [0.717, 1.165) is 30.0 Å². The van der Waals surface area contributed by atoms with Gasteiger partial charge in [-0.1, -0.05) is 80.4 Å². The van der Waals surface area contributed by atoms with Gasteiger partial charge in [0.15, 0.2) is 5.82 Å². The van der Waals surface area contributed by atoms with Crippen molar-refractivity contribution >= 4 is 35.2 Å². The zero-order valence-electron chi connectivity index (χ0n) is 22.0. The molecule has 1 amide bonds. The summed E-state index contributed by atoms with van der Waals surface area (Å²) in [4.78, 5) is 17.2. The first-order valence-electron chi connectivity index (χ1n) is 12.5. The Morgan fingerprint density at radius 2 is 1.65 bits per heavy atom. The quantitative estimate of drug-likeness (QED) is 0.385. The van der Waals surface area contributed by atoms with Gasteiger partial charge in [0.05, 0.1) is 11.6 Å². The Hall–Kier alpha value is -2.74. The van der Waals surface area contributed by atoms with Gasteiger partial charge in [0.25, 0.3) is 5.91 Å². The molecule has 2 aromatic carbocycles. The predicted octanol–water partition coefficient (Wildman–Crippen LogP) is 5.97. The highest BCUT2D eigenvalue weighted by molar-refractivity contribution is 6.35. The number of allylic oxidation sites excluding steroid dienone is 1. The fourth-order valence-electron chi connectivity index (χ4n) is 4.73. The zero-order valence-corrected chi connectivity index (χ0v) is 23.5. The van der Waals surface area contributed by atoms with Crippen LogP contribution in [0.5, 0.6) is 0 Å². The first-order chi connectivity index (χ1) is 17.5. The molecular weight excluding hydrogens is 507 g/mol. The molecule has 1 unspecified atom stereocenters. The number of carbonyl (C=O) groups excluding carboxylic acids is 1. The maximum Gasteiger partial charge on any atom is 0.253 e. The fraction of sp³-hybridized carbons (Fsp3) is 0.429. The topological polar surface area (TPSA) is 67.2 Å². The van der Waals surface area contributed by atoms with Crippen LogP contribution in [0.2, 0.25) is 10.0 Å². The summed E-state index contributed by atoms with van der Waals surface area (Å²) in [6, 6.07) is 14.8. The average molecular weight is 542 g/mol. The third-order valence-corrected chi connectivity index (χ3v) is 7.55. The van der Waals surface area contributed by atoms with Gasteiger partial charge < -0.3 is 4.90 Å². The SMILES string of the molecule is CC(C)(C)C(/C=C/c1ccc(Cl)cc1Cl)n1nnnc1C(C)(C)N1CCN(C(=O)c2ccccc2)CC1. The van der Waals surface area contributed by atoms with Crippen LogP contribution in [0.15, 0.2) is 54.6 Å². The van der Waals surface area contributed by atoms with Gasteiger partial charge in [-0.25, -0.2) is 4.68 Å². The summed E-state index contributed by atoms with van der Waals surface area (Å²) in [5.41, 5.74) is 0.991. The molecule has 196 valence electrons. The van der Waals surface area contributed by atoms with Crippen molar-refractivity contribution in [2.45, 2.75) is 46.2 Å². The number of piperazine rings is 1. The van der Waals surface area contributed by atoms with E-state index in [1.54, 1.807) is 6.07 Å². The Morgan fingerprint density at radius 3 is 2.27 bits per heavy atom. The molecule has 1 aliphatic heterocycles. The second kappa shape index (κ2) is 10.9. The smallest absolute Gasteiger partial charge is 0.253 e. The van der Waals surface area contributed by atoms with Crippen molar-refractivity contribution in [3.05, 3.63) is 81.6 Å². The van der Waals surface area contributed by atoms with E-state index in [0.29, 0.717) is 23.1 Å². The van der Waals surface area contributed by atoms with Crippen LogP contribution >= 0.6 is 23.2 Å². The molecule has 0 radical (unpaired) electrons. The minimum atomic E-state index is -0.444. The molecule has 0 saturated carbocycles. The van der Waals surface area contributed by atoms with E-state index in [4.69, 9.17) is 23.2 Å². The molecule has 1 fully saturated rings. The number of hydrogen-bond donors (Lipinski definition) is 0. The number of hydrogen-bond acceptors (Lipinski definition) is 5. The van der Waals surface area contributed by atoms with Crippen LogP contribution in [0, 0.1) is 5.41 Å². The summed E-state index contributed by atoms with van der Waals surface area (Å²) in [5.74, 6) is 0.851. The number of carbonyl (C=O) groups is 1. The lowest BCUT2D eigenvalue weighted by atomic mass is 9.85. The molecule has 1 aromatic heterocycles. The van der Waals surface area contributed by atoms with Crippen molar-refractivity contribution < 1.29 is 4.79 Å². The largest absolute Gasteiger partial charge is 0.336 e. The molecule has 0 N–H and O–H groups in total. The number of benzene rings is 2. The molecule has 1 atom stereocenters. The van der Waals surface area contributed by atoms with E-state index < -0.39 is 5.54 Å². The molecule has 0 aliphatic carbocycles. The predicted molar refractivity (Wildman–Crippen MR) is 149 cm³/mol. The van der Waals surface area contributed by atoms with Crippen molar-refractivity contribution in [3.8, 4) is 0 Å². The van der Waals surface area contributed by atoms with Crippen LogP contribution in [0.1, 0.15) is 62.4 Å². The summed E-state index contributed by atoms with van der Waals surface area (Å²) in [6.07, 6.45) is 4.10. The molecule has 4 rings (SSSR count). The molecule has 1 saturated heterocycles. The molecule has 2 heterocycles. The van der Waals surface area contributed by atoms with E-state index in [1.807, 2.05) is 58.1 Å². The van der Waals surface area contributed by atoms with E-state index in [-0.39, 0.29) is 17.4 Å². The second-order valence-corrected chi connectivity index (χ2v) is 11.8. The van der Waals surface area contributed by atoms with Crippen LogP contribution < -0.4 is 0 Å². The van der Waals surface area contributed by atoms with Gasteiger partial charge >= 0.3 is 0 Å². The van der Waals surface area contributed by atoms with Gasteiger partial charge in [-0.2, -0.15) is 0 Å². The van der Waals surface area contributed by atoms with Crippen molar-refractivity contribution in [3.63, 3.8) is 0 Å². The summed E-state index contributed by atoms with van der Waals surface area (Å²) >= 11 is 12.5. The first kappa shape index (κ1) is 27.3. The van der Waals surface area contributed by atoms with Crippen LogP contribution in [0.3, 0.4) is 0 Å². The molecule has 37 heavy (non-hydrogen) atoms. The Bertz CT molecular complexity index is 1260. The summed E-state index contributed by atoms with van der Waals surface area (Å²) in [5, 5.41) is 14.2. The van der Waals surface area contributed by atoms with Crippen molar-refractivity contribution in [1.29, 1.82) is 0 Å². The van der Waals surface area contributed by atoms with Crippen molar-refractivity contribution in [2.24, 2.45) is 5.41 Å². The minimum Gasteiger partial charge on any atom is -0.336 e. The third kappa shape index (κ3) is 6.06. The Balaban J connectivity index is 1.55. The number of aromatic nitrogens is 4. The maximum absolute atomic E-state index is 12.9. The number of halogens is 2. The highest BCUT2D eigenvalue weighted by Crippen LogP contribution is 2.36. The second-order valence-electron chi connectivity index (χ2n) is 11.0. The molecular formula is C28H34Cl2N6O. The molecule has 0 bridgehead atoms. The standard InChI is InChI=1S/C28H34Cl2N6O/c1-27(2,3)24(14-12-20-11-13-22(29)19-23(20)30)36-26(31-32-33-36)28(4,5)35-17-15-34(16-18-35)25(37)21-9-7-6-8-10-21/h6-14,19,24H,15-18H2,1-5H3/b14-12+. The average Bonchev–Trinajstić information content (AvgIpc) is 3.35.